The number of hydrogen-bond acceptors (Lipinski definition) is 5. The summed E-state index contributed by atoms with van der Waals surface area (Å²) in [5, 5.41) is 2.42. The molecule has 1 heterocycles. The van der Waals surface area contributed by atoms with Gasteiger partial charge in [-0.25, -0.2) is 9.78 Å². The maximum atomic E-state index is 12.4. The van der Waals surface area contributed by atoms with Gasteiger partial charge in [0, 0.05) is 18.3 Å². The molecule has 1 amide bonds. The molecule has 0 fully saturated rings. The summed E-state index contributed by atoms with van der Waals surface area (Å²) >= 11 is 1.38. The summed E-state index contributed by atoms with van der Waals surface area (Å²) < 4.78 is 4.64. The van der Waals surface area contributed by atoms with E-state index in [1.165, 1.54) is 18.4 Å². The molecule has 1 rings (SSSR count). The number of nitrogens with zero attached hydrogens (tertiary/aromatic N) is 2. The van der Waals surface area contributed by atoms with Crippen LogP contribution in [0.5, 0.6) is 0 Å². The Balaban J connectivity index is 2.76. The van der Waals surface area contributed by atoms with Crippen molar-refractivity contribution >= 4 is 23.2 Å². The predicted octanol–water partition coefficient (Wildman–Crippen LogP) is 3.10. The van der Waals surface area contributed by atoms with Gasteiger partial charge in [-0.05, 0) is 11.8 Å². The number of ether oxygens (including phenoxy) is 1. The van der Waals surface area contributed by atoms with Crippen LogP contribution < -0.4 is 0 Å². The van der Waals surface area contributed by atoms with Gasteiger partial charge < -0.3 is 9.64 Å². The van der Waals surface area contributed by atoms with Crippen LogP contribution in [0, 0.1) is 5.41 Å². The van der Waals surface area contributed by atoms with E-state index in [0.717, 1.165) is 11.4 Å². The molecule has 5 nitrogen and oxygen atoms in total. The van der Waals surface area contributed by atoms with Crippen LogP contribution in [0.3, 0.4) is 0 Å². The van der Waals surface area contributed by atoms with Crippen molar-refractivity contribution < 1.29 is 14.3 Å². The molecule has 0 aromatic carbocycles. The van der Waals surface area contributed by atoms with E-state index in [1.54, 1.807) is 5.38 Å². The quantitative estimate of drug-likeness (QED) is 0.757. The van der Waals surface area contributed by atoms with Crippen molar-refractivity contribution in [2.75, 3.05) is 13.7 Å². The van der Waals surface area contributed by atoms with Gasteiger partial charge in [0.25, 0.3) is 0 Å². The smallest absolute Gasteiger partial charge is 0.357 e. The predicted molar refractivity (Wildman–Crippen MR) is 83.2 cm³/mol. The van der Waals surface area contributed by atoms with Gasteiger partial charge in [-0.3, -0.25) is 4.79 Å². The lowest BCUT2D eigenvalue weighted by molar-refractivity contribution is -0.133. The SMILES string of the molecule is CCCN(Cc1nc(C(=O)OC)cs1)C(=O)CC(C)(C)C. The minimum Gasteiger partial charge on any atom is -0.464 e. The molecule has 0 aliphatic carbocycles. The molecule has 0 atom stereocenters. The summed E-state index contributed by atoms with van der Waals surface area (Å²) in [7, 11) is 1.33. The molecular weight excluding hydrogens is 288 g/mol. The molecule has 0 aliphatic rings. The van der Waals surface area contributed by atoms with Crippen molar-refractivity contribution in [3.8, 4) is 0 Å². The van der Waals surface area contributed by atoms with Crippen molar-refractivity contribution in [3.05, 3.63) is 16.1 Å². The molecule has 0 radical (unpaired) electrons. The number of carbonyl (C=O) groups is 2. The average Bonchev–Trinajstić information content (AvgIpc) is 2.84. The number of hydrogen-bond donors (Lipinski definition) is 0. The average molecular weight is 312 g/mol. The lowest BCUT2D eigenvalue weighted by Crippen LogP contribution is -2.33. The van der Waals surface area contributed by atoms with Crippen LogP contribution in [-0.4, -0.2) is 35.4 Å². The van der Waals surface area contributed by atoms with Gasteiger partial charge in [0.1, 0.15) is 5.01 Å². The van der Waals surface area contributed by atoms with E-state index in [1.807, 2.05) is 32.6 Å². The van der Waals surface area contributed by atoms with E-state index >= 15 is 0 Å². The third-order valence-electron chi connectivity index (χ3n) is 2.80. The second kappa shape index (κ2) is 7.54. The first-order chi connectivity index (χ1) is 9.76. The zero-order valence-corrected chi connectivity index (χ0v) is 14.2. The van der Waals surface area contributed by atoms with E-state index in [2.05, 4.69) is 9.72 Å². The second-order valence-corrected chi connectivity index (χ2v) is 7.11. The Labute approximate surface area is 130 Å². The van der Waals surface area contributed by atoms with E-state index in [0.29, 0.717) is 25.2 Å². The molecule has 1 aromatic heterocycles. The van der Waals surface area contributed by atoms with Crippen molar-refractivity contribution in [1.29, 1.82) is 0 Å². The van der Waals surface area contributed by atoms with Gasteiger partial charge in [0.2, 0.25) is 5.91 Å². The minimum absolute atomic E-state index is 0.0386. The Kier molecular flexibility index (Phi) is 6.33. The van der Waals surface area contributed by atoms with E-state index in [9.17, 15) is 9.59 Å². The molecule has 0 N–H and O–H groups in total. The first-order valence-electron chi connectivity index (χ1n) is 7.07. The summed E-state index contributed by atoms with van der Waals surface area (Å²) in [5.41, 5.74) is 0.264. The molecule has 0 aliphatic heterocycles. The van der Waals surface area contributed by atoms with Gasteiger partial charge in [-0.15, -0.1) is 11.3 Å². The Morgan fingerprint density at radius 2 is 2.05 bits per heavy atom. The zero-order valence-electron chi connectivity index (χ0n) is 13.4. The monoisotopic (exact) mass is 312 g/mol. The van der Waals surface area contributed by atoms with Crippen LogP contribution in [0.25, 0.3) is 0 Å². The Bertz CT molecular complexity index is 491. The number of carbonyl (C=O) groups excluding carboxylic acids is 2. The second-order valence-electron chi connectivity index (χ2n) is 6.17. The fraction of sp³-hybridized carbons (Fsp3) is 0.667. The third-order valence-corrected chi connectivity index (χ3v) is 3.63. The minimum atomic E-state index is -0.444. The lowest BCUT2D eigenvalue weighted by Gasteiger charge is -2.25. The molecule has 118 valence electrons. The van der Waals surface area contributed by atoms with Crippen LogP contribution in [-0.2, 0) is 16.1 Å². The number of amides is 1. The molecule has 0 saturated heterocycles. The van der Waals surface area contributed by atoms with Gasteiger partial charge in [0.05, 0.1) is 13.7 Å². The molecule has 0 bridgehead atoms. The van der Waals surface area contributed by atoms with E-state index in [-0.39, 0.29) is 11.3 Å². The fourth-order valence-corrected chi connectivity index (χ4v) is 2.65. The summed E-state index contributed by atoms with van der Waals surface area (Å²) in [6.45, 7) is 9.33. The molecule has 0 spiro atoms. The van der Waals surface area contributed by atoms with Gasteiger partial charge in [-0.1, -0.05) is 27.7 Å². The maximum absolute atomic E-state index is 12.4. The molecule has 21 heavy (non-hydrogen) atoms. The topological polar surface area (TPSA) is 59.5 Å². The third kappa shape index (κ3) is 5.83. The number of rotatable bonds is 6. The first-order valence-corrected chi connectivity index (χ1v) is 7.95. The summed E-state index contributed by atoms with van der Waals surface area (Å²) in [5.74, 6) is -0.320. The highest BCUT2D eigenvalue weighted by Crippen LogP contribution is 2.21. The van der Waals surface area contributed by atoms with Crippen molar-refractivity contribution in [2.24, 2.45) is 5.41 Å². The zero-order chi connectivity index (χ0) is 16.0. The van der Waals surface area contributed by atoms with Crippen molar-refractivity contribution in [1.82, 2.24) is 9.88 Å². The number of methoxy groups -OCH3 is 1. The first kappa shape index (κ1) is 17.6. The Morgan fingerprint density at radius 3 is 2.57 bits per heavy atom. The van der Waals surface area contributed by atoms with Crippen LogP contribution in [0.2, 0.25) is 0 Å². The van der Waals surface area contributed by atoms with Gasteiger partial charge >= 0.3 is 5.97 Å². The number of aromatic nitrogens is 1. The van der Waals surface area contributed by atoms with Crippen molar-refractivity contribution in [3.63, 3.8) is 0 Å². The van der Waals surface area contributed by atoms with Crippen LogP contribution >= 0.6 is 11.3 Å². The van der Waals surface area contributed by atoms with E-state index < -0.39 is 5.97 Å². The molecule has 0 saturated carbocycles. The maximum Gasteiger partial charge on any atom is 0.357 e. The highest BCUT2D eigenvalue weighted by molar-refractivity contribution is 7.09. The molecule has 6 heteroatoms. The van der Waals surface area contributed by atoms with Gasteiger partial charge in [0.15, 0.2) is 5.69 Å². The summed E-state index contributed by atoms with van der Waals surface area (Å²) in [6, 6.07) is 0. The van der Waals surface area contributed by atoms with Gasteiger partial charge in [-0.2, -0.15) is 0 Å². The number of thiazole rings is 1. The van der Waals surface area contributed by atoms with Crippen LogP contribution in [0.4, 0.5) is 0 Å². The number of esters is 1. The summed E-state index contributed by atoms with van der Waals surface area (Å²) in [6.07, 6.45) is 1.40. The Morgan fingerprint density at radius 1 is 1.38 bits per heavy atom. The highest BCUT2D eigenvalue weighted by atomic mass is 32.1. The van der Waals surface area contributed by atoms with Crippen molar-refractivity contribution in [2.45, 2.75) is 47.1 Å². The summed E-state index contributed by atoms with van der Waals surface area (Å²) in [4.78, 5) is 29.8. The molecule has 0 unspecified atom stereocenters. The van der Waals surface area contributed by atoms with Crippen LogP contribution in [0.1, 0.15) is 56.0 Å². The standard InChI is InChI=1S/C15H24N2O3S/c1-6-7-17(13(18)8-15(2,3)4)9-12-16-11(10-21-12)14(19)20-5/h10H,6-9H2,1-5H3. The van der Waals surface area contributed by atoms with Crippen LogP contribution in [0.15, 0.2) is 5.38 Å². The Hall–Kier alpha value is -1.43. The fourth-order valence-electron chi connectivity index (χ4n) is 1.87. The lowest BCUT2D eigenvalue weighted by atomic mass is 9.91. The molecular formula is C15H24N2O3S. The molecule has 1 aromatic rings. The highest BCUT2D eigenvalue weighted by Gasteiger charge is 2.22. The largest absolute Gasteiger partial charge is 0.464 e. The van der Waals surface area contributed by atoms with E-state index in [4.69, 9.17) is 0 Å². The normalized spacial score (nSPS) is 11.3.